The largest absolute Gasteiger partial charge is 0.479 e. The Kier molecular flexibility index (Phi) is 3.19. The van der Waals surface area contributed by atoms with Gasteiger partial charge in [-0.1, -0.05) is 24.3 Å². The van der Waals surface area contributed by atoms with E-state index in [-0.39, 0.29) is 4.90 Å². The van der Waals surface area contributed by atoms with Gasteiger partial charge in [0.05, 0.1) is 4.90 Å². The first-order valence-electron chi connectivity index (χ1n) is 5.73. The van der Waals surface area contributed by atoms with E-state index in [2.05, 4.69) is 0 Å². The molecule has 2 rings (SSSR count). The van der Waals surface area contributed by atoms with Crippen LogP contribution in [0.5, 0.6) is 0 Å². The van der Waals surface area contributed by atoms with E-state index < -0.39 is 20.7 Å². The summed E-state index contributed by atoms with van der Waals surface area (Å²) in [6, 6.07) is 9.30. The molecule has 0 heterocycles. The first-order chi connectivity index (χ1) is 9.19. The maximum atomic E-state index is 12.5. The second-order valence-electron chi connectivity index (χ2n) is 4.61. The third-order valence-corrected chi connectivity index (χ3v) is 5.42. The number of anilines is 1. The molecule has 1 unspecified atom stereocenters. The van der Waals surface area contributed by atoms with Gasteiger partial charge in [-0.15, -0.1) is 0 Å². The minimum atomic E-state index is -4.26. The molecule has 1 atom stereocenters. The van der Waals surface area contributed by atoms with Crippen molar-refractivity contribution in [2.75, 3.05) is 5.73 Å². The maximum Gasteiger partial charge on any atom is 0.339 e. The minimum absolute atomic E-state index is 0.144. The van der Waals surface area contributed by atoms with E-state index in [0.29, 0.717) is 16.5 Å². The van der Waals surface area contributed by atoms with Gasteiger partial charge in [0.25, 0.3) is 0 Å². The molecule has 2 aromatic carbocycles. The summed E-state index contributed by atoms with van der Waals surface area (Å²) in [5.74, 6) is -1.61. The summed E-state index contributed by atoms with van der Waals surface area (Å²) in [6.07, 6.45) is 0. The molecule has 6 nitrogen and oxygen atoms in total. The van der Waals surface area contributed by atoms with Gasteiger partial charge in [-0.05, 0) is 19.1 Å². The molecular formula is C13H14N2O4S. The van der Waals surface area contributed by atoms with Gasteiger partial charge in [-0.25, -0.2) is 13.2 Å². The number of rotatable bonds is 3. The molecule has 0 bridgehead atoms. The fourth-order valence-electron chi connectivity index (χ4n) is 1.87. The minimum Gasteiger partial charge on any atom is -0.479 e. The molecule has 7 heteroatoms. The van der Waals surface area contributed by atoms with E-state index >= 15 is 0 Å². The van der Waals surface area contributed by atoms with Gasteiger partial charge in [-0.3, -0.25) is 0 Å². The van der Waals surface area contributed by atoms with E-state index in [0.717, 1.165) is 6.92 Å². The number of sulfone groups is 1. The molecule has 0 aliphatic heterocycles. The van der Waals surface area contributed by atoms with Crippen molar-refractivity contribution in [3.8, 4) is 0 Å². The van der Waals surface area contributed by atoms with E-state index in [4.69, 9.17) is 16.6 Å². The van der Waals surface area contributed by atoms with E-state index in [1.165, 1.54) is 12.1 Å². The highest BCUT2D eigenvalue weighted by Crippen LogP contribution is 2.31. The highest BCUT2D eigenvalue weighted by molar-refractivity contribution is 7.93. The number of hydrogen-bond donors (Lipinski definition) is 3. The van der Waals surface area contributed by atoms with E-state index in [1.54, 1.807) is 24.3 Å². The van der Waals surface area contributed by atoms with Crippen LogP contribution in [0.3, 0.4) is 0 Å². The summed E-state index contributed by atoms with van der Waals surface area (Å²) in [6.45, 7) is 0.954. The van der Waals surface area contributed by atoms with Gasteiger partial charge in [-0.2, -0.15) is 0 Å². The molecule has 0 saturated carbocycles. The fourth-order valence-corrected chi connectivity index (χ4v) is 3.27. The lowest BCUT2D eigenvalue weighted by Crippen LogP contribution is -2.51. The summed E-state index contributed by atoms with van der Waals surface area (Å²) in [5, 5.41) is 9.93. The third kappa shape index (κ3) is 1.91. The van der Waals surface area contributed by atoms with Crippen LogP contribution < -0.4 is 11.5 Å². The number of carbonyl (C=O) groups is 1. The Morgan fingerprint density at radius 3 is 2.25 bits per heavy atom. The summed E-state index contributed by atoms with van der Waals surface area (Å²) in [7, 11) is -4.26. The zero-order valence-electron chi connectivity index (χ0n) is 10.7. The summed E-state index contributed by atoms with van der Waals surface area (Å²) >= 11 is 0. The van der Waals surface area contributed by atoms with Gasteiger partial charge < -0.3 is 16.6 Å². The number of fused-ring (bicyclic) bond motifs is 1. The third-order valence-electron chi connectivity index (χ3n) is 3.19. The molecule has 0 radical (unpaired) electrons. The number of nitrogens with two attached hydrogens (primary N) is 2. The van der Waals surface area contributed by atoms with Crippen LogP contribution >= 0.6 is 0 Å². The average molecular weight is 294 g/mol. The maximum absolute atomic E-state index is 12.5. The van der Waals surface area contributed by atoms with E-state index in [1.807, 2.05) is 0 Å². The highest BCUT2D eigenvalue weighted by atomic mass is 32.2. The molecule has 0 amide bonds. The van der Waals surface area contributed by atoms with Crippen molar-refractivity contribution < 1.29 is 18.3 Å². The molecule has 0 aliphatic rings. The van der Waals surface area contributed by atoms with Crippen molar-refractivity contribution in [1.29, 1.82) is 0 Å². The molecule has 2 aromatic rings. The van der Waals surface area contributed by atoms with Crippen molar-refractivity contribution >= 4 is 32.3 Å². The van der Waals surface area contributed by atoms with E-state index in [9.17, 15) is 13.2 Å². The Balaban J connectivity index is 2.84. The zero-order chi connectivity index (χ0) is 15.1. The van der Waals surface area contributed by atoms with Crippen LogP contribution in [0.2, 0.25) is 0 Å². The topological polar surface area (TPSA) is 123 Å². The van der Waals surface area contributed by atoms with Gasteiger partial charge >= 0.3 is 5.97 Å². The lowest BCUT2D eigenvalue weighted by molar-refractivity contribution is -0.139. The van der Waals surface area contributed by atoms with Crippen molar-refractivity contribution in [3.63, 3.8) is 0 Å². The zero-order valence-corrected chi connectivity index (χ0v) is 11.5. The second-order valence-corrected chi connectivity index (χ2v) is 6.91. The number of carboxylic acid groups (broad SMARTS) is 1. The van der Waals surface area contributed by atoms with Crippen LogP contribution in [0, 0.1) is 0 Å². The second kappa shape index (κ2) is 4.46. The molecule has 0 aromatic heterocycles. The van der Waals surface area contributed by atoms with Crippen LogP contribution in [0.15, 0.2) is 41.3 Å². The average Bonchev–Trinajstić information content (AvgIpc) is 2.38. The lowest BCUT2D eigenvalue weighted by atomic mass is 10.1. The van der Waals surface area contributed by atoms with Crippen LogP contribution in [0.1, 0.15) is 6.92 Å². The number of aliphatic carboxylic acids is 1. The smallest absolute Gasteiger partial charge is 0.339 e. The number of hydrogen-bond acceptors (Lipinski definition) is 5. The Labute approximate surface area is 115 Å². The van der Waals surface area contributed by atoms with Crippen molar-refractivity contribution in [1.82, 2.24) is 0 Å². The van der Waals surface area contributed by atoms with Gasteiger partial charge in [0.2, 0.25) is 14.7 Å². The van der Waals surface area contributed by atoms with Crippen molar-refractivity contribution in [2.24, 2.45) is 5.73 Å². The molecule has 0 spiro atoms. The van der Waals surface area contributed by atoms with Crippen LogP contribution in [-0.2, 0) is 14.6 Å². The molecule has 0 aliphatic carbocycles. The number of nitrogen functional groups attached to an aromatic ring is 1. The van der Waals surface area contributed by atoms with Gasteiger partial charge in [0.15, 0.2) is 0 Å². The SMILES string of the molecule is CC(N)(C(=O)O)S(=O)(=O)c1ccc(N)c2ccccc12. The predicted octanol–water partition coefficient (Wildman–Crippen LogP) is 0.955. The number of carboxylic acids is 1. The van der Waals surface area contributed by atoms with Gasteiger partial charge in [0, 0.05) is 16.5 Å². The number of benzene rings is 2. The molecule has 5 N–H and O–H groups in total. The standard InChI is InChI=1S/C13H14N2O4S/c1-13(15,12(16)17)20(18,19)11-7-6-10(14)8-4-2-3-5-9(8)11/h2-7H,14-15H2,1H3,(H,16,17). The van der Waals surface area contributed by atoms with Crippen LogP contribution in [0.25, 0.3) is 10.8 Å². The molecule has 106 valence electrons. The summed E-state index contributed by atoms with van der Waals surface area (Å²) in [5.41, 5.74) is 11.7. The normalized spacial score (nSPS) is 14.9. The predicted molar refractivity (Wildman–Crippen MR) is 75.8 cm³/mol. The lowest BCUT2D eigenvalue weighted by Gasteiger charge is -2.21. The summed E-state index contributed by atoms with van der Waals surface area (Å²) in [4.78, 5) is 8.56. The Hall–Kier alpha value is -2.12. The first kappa shape index (κ1) is 14.3. The Bertz CT molecular complexity index is 797. The van der Waals surface area contributed by atoms with Gasteiger partial charge in [0.1, 0.15) is 0 Å². The monoisotopic (exact) mass is 294 g/mol. The Morgan fingerprint density at radius 1 is 1.15 bits per heavy atom. The van der Waals surface area contributed by atoms with Crippen LogP contribution in [-0.4, -0.2) is 24.4 Å². The van der Waals surface area contributed by atoms with Crippen molar-refractivity contribution in [2.45, 2.75) is 16.7 Å². The summed E-state index contributed by atoms with van der Waals surface area (Å²) < 4.78 is 24.9. The van der Waals surface area contributed by atoms with Crippen molar-refractivity contribution in [3.05, 3.63) is 36.4 Å². The quantitative estimate of drug-likeness (QED) is 0.724. The van der Waals surface area contributed by atoms with Crippen LogP contribution in [0.4, 0.5) is 5.69 Å². The first-order valence-corrected chi connectivity index (χ1v) is 7.22. The molecule has 20 heavy (non-hydrogen) atoms. The molecule has 0 saturated heterocycles. The fraction of sp³-hybridized carbons (Fsp3) is 0.154. The molecule has 0 fully saturated rings. The highest BCUT2D eigenvalue weighted by Gasteiger charge is 2.44. The Morgan fingerprint density at radius 2 is 1.70 bits per heavy atom. The molecular weight excluding hydrogens is 280 g/mol.